The number of carbonyl (C=O) groups excluding carboxylic acids is 1. The van der Waals surface area contributed by atoms with Crippen molar-refractivity contribution in [3.05, 3.63) is 53.1 Å². The molecule has 2 aromatic carbocycles. The number of ether oxygens (including phenoxy) is 4. The zero-order valence-electron chi connectivity index (χ0n) is 18.0. The number of amides is 1. The minimum atomic E-state index is -0.594. The van der Waals surface area contributed by atoms with Gasteiger partial charge in [0.15, 0.2) is 0 Å². The molecule has 0 unspecified atom stereocenters. The third-order valence-corrected chi connectivity index (χ3v) is 5.89. The quantitative estimate of drug-likeness (QED) is 0.648. The van der Waals surface area contributed by atoms with Gasteiger partial charge in [0.2, 0.25) is 6.10 Å². The number of hydrogen-bond donors (Lipinski definition) is 0. The lowest BCUT2D eigenvalue weighted by Gasteiger charge is -2.47. The van der Waals surface area contributed by atoms with E-state index >= 15 is 0 Å². The zero-order chi connectivity index (χ0) is 21.3. The van der Waals surface area contributed by atoms with Crippen molar-refractivity contribution in [2.24, 2.45) is 0 Å². The number of carbonyl (C=O) groups is 1. The number of β-lactam (4-membered cyclic amide) rings is 1. The van der Waals surface area contributed by atoms with Crippen molar-refractivity contribution in [2.45, 2.75) is 44.9 Å². The molecule has 160 valence electrons. The maximum Gasteiger partial charge on any atom is 0.266 e. The van der Waals surface area contributed by atoms with Crippen molar-refractivity contribution >= 4 is 5.91 Å². The number of methoxy groups -OCH3 is 2. The lowest BCUT2D eigenvalue weighted by Crippen LogP contribution is -2.62. The van der Waals surface area contributed by atoms with E-state index in [-0.39, 0.29) is 18.1 Å². The van der Waals surface area contributed by atoms with Gasteiger partial charge in [-0.25, -0.2) is 0 Å². The number of hydrogen-bond acceptors (Lipinski definition) is 5. The lowest BCUT2D eigenvalue weighted by atomic mass is 9.89. The highest BCUT2D eigenvalue weighted by atomic mass is 16.5. The molecule has 2 heterocycles. The molecular weight excluding hydrogens is 382 g/mol. The summed E-state index contributed by atoms with van der Waals surface area (Å²) in [7, 11) is 3.25. The molecule has 0 aromatic heterocycles. The Kier molecular flexibility index (Phi) is 5.86. The van der Waals surface area contributed by atoms with Crippen LogP contribution >= 0.6 is 0 Å². The van der Waals surface area contributed by atoms with Crippen molar-refractivity contribution < 1.29 is 23.7 Å². The molecule has 2 fully saturated rings. The predicted octanol–water partition coefficient (Wildman–Crippen LogP) is 3.83. The Hall–Kier alpha value is -2.73. The molecular formula is C24H29NO5. The number of aryl methyl sites for hydroxylation is 2. The summed E-state index contributed by atoms with van der Waals surface area (Å²) in [5.74, 6) is 2.10. The second-order valence-corrected chi connectivity index (χ2v) is 8.02. The number of nitrogens with zero attached hydrogens (tertiary/aromatic N) is 1. The molecule has 0 spiro atoms. The molecule has 6 heteroatoms. The van der Waals surface area contributed by atoms with Gasteiger partial charge < -0.3 is 23.8 Å². The third-order valence-electron chi connectivity index (χ3n) is 5.89. The molecule has 0 N–H and O–H groups in total. The topological polar surface area (TPSA) is 57.2 Å². The van der Waals surface area contributed by atoms with E-state index in [1.54, 1.807) is 14.2 Å². The molecule has 4 rings (SSSR count). The summed E-state index contributed by atoms with van der Waals surface area (Å²) in [6.45, 7) is 5.33. The SMILES string of the molecule is COc1cc(OC)cc([C@@H]2[C@H](Oc3cc(C)ccc3C)C(=O)N2C[C@@H]2CCCO2)c1. The maximum absolute atomic E-state index is 13.1. The molecule has 0 aliphatic carbocycles. The molecule has 1 amide bonds. The predicted molar refractivity (Wildman–Crippen MR) is 113 cm³/mol. The minimum absolute atomic E-state index is 0.0156. The fourth-order valence-electron chi connectivity index (χ4n) is 4.17. The van der Waals surface area contributed by atoms with E-state index in [1.807, 2.05) is 55.1 Å². The average molecular weight is 411 g/mol. The standard InChI is InChI=1S/C24H29NO5/c1-15-7-8-16(2)21(10-15)30-23-22(17-11-19(27-3)13-20(12-17)28-4)25(24(23)26)14-18-6-5-9-29-18/h7-8,10-13,18,22-23H,5-6,9,14H2,1-4H3/t18-,22+,23-/m0/s1. The summed E-state index contributed by atoms with van der Waals surface area (Å²) in [4.78, 5) is 15.0. The third kappa shape index (κ3) is 3.97. The first-order valence-corrected chi connectivity index (χ1v) is 10.4. The minimum Gasteiger partial charge on any atom is -0.497 e. The van der Waals surface area contributed by atoms with E-state index in [4.69, 9.17) is 18.9 Å². The van der Waals surface area contributed by atoms with Crippen LogP contribution in [0.1, 0.15) is 35.6 Å². The van der Waals surface area contributed by atoms with Gasteiger partial charge in [-0.1, -0.05) is 12.1 Å². The Bertz CT molecular complexity index is 900. The van der Waals surface area contributed by atoms with Crippen LogP contribution in [-0.2, 0) is 9.53 Å². The molecule has 2 aliphatic heterocycles. The van der Waals surface area contributed by atoms with Gasteiger partial charge in [0.05, 0.1) is 20.3 Å². The number of likely N-dealkylation sites (tertiary alicyclic amines) is 1. The molecule has 30 heavy (non-hydrogen) atoms. The number of benzene rings is 2. The summed E-state index contributed by atoms with van der Waals surface area (Å²) < 4.78 is 23.0. The highest BCUT2D eigenvalue weighted by molar-refractivity contribution is 5.89. The van der Waals surface area contributed by atoms with Gasteiger partial charge in [0.25, 0.3) is 5.91 Å². The van der Waals surface area contributed by atoms with Crippen LogP contribution in [-0.4, -0.2) is 50.4 Å². The second-order valence-electron chi connectivity index (χ2n) is 8.02. The van der Waals surface area contributed by atoms with Crippen LogP contribution in [0.2, 0.25) is 0 Å². The van der Waals surface area contributed by atoms with E-state index in [2.05, 4.69) is 0 Å². The molecule has 2 aromatic rings. The van der Waals surface area contributed by atoms with Crippen LogP contribution in [0.4, 0.5) is 0 Å². The van der Waals surface area contributed by atoms with Crippen molar-refractivity contribution in [2.75, 3.05) is 27.4 Å². The highest BCUT2D eigenvalue weighted by Gasteiger charge is 2.51. The zero-order valence-corrected chi connectivity index (χ0v) is 18.0. The van der Waals surface area contributed by atoms with Crippen LogP contribution < -0.4 is 14.2 Å². The molecule has 6 nitrogen and oxygen atoms in total. The van der Waals surface area contributed by atoms with Gasteiger partial charge in [0.1, 0.15) is 23.3 Å². The van der Waals surface area contributed by atoms with Crippen LogP contribution in [0.25, 0.3) is 0 Å². The Labute approximate surface area is 177 Å². The first-order valence-electron chi connectivity index (χ1n) is 10.4. The fourth-order valence-corrected chi connectivity index (χ4v) is 4.17. The molecule has 0 bridgehead atoms. The van der Waals surface area contributed by atoms with Crippen LogP contribution in [0, 0.1) is 13.8 Å². The molecule has 2 saturated heterocycles. The van der Waals surface area contributed by atoms with Gasteiger partial charge in [-0.15, -0.1) is 0 Å². The molecule has 0 saturated carbocycles. The Balaban J connectivity index is 1.66. The molecule has 2 aliphatic rings. The van der Waals surface area contributed by atoms with Gasteiger partial charge in [-0.2, -0.15) is 0 Å². The number of rotatable bonds is 7. The van der Waals surface area contributed by atoms with E-state index in [0.29, 0.717) is 18.0 Å². The van der Waals surface area contributed by atoms with Gasteiger partial charge >= 0.3 is 0 Å². The average Bonchev–Trinajstić information content (AvgIpc) is 3.27. The van der Waals surface area contributed by atoms with Crippen molar-refractivity contribution in [3.63, 3.8) is 0 Å². The summed E-state index contributed by atoms with van der Waals surface area (Å²) in [5.41, 5.74) is 3.03. The fraction of sp³-hybridized carbons (Fsp3) is 0.458. The Morgan fingerprint density at radius 2 is 1.80 bits per heavy atom. The van der Waals surface area contributed by atoms with Crippen LogP contribution in [0.15, 0.2) is 36.4 Å². The van der Waals surface area contributed by atoms with Crippen molar-refractivity contribution in [1.29, 1.82) is 0 Å². The molecule has 0 radical (unpaired) electrons. The van der Waals surface area contributed by atoms with Crippen LogP contribution in [0.3, 0.4) is 0 Å². The molecule has 3 atom stereocenters. The van der Waals surface area contributed by atoms with E-state index in [0.717, 1.165) is 41.9 Å². The summed E-state index contributed by atoms with van der Waals surface area (Å²) >= 11 is 0. The maximum atomic E-state index is 13.1. The van der Waals surface area contributed by atoms with Crippen LogP contribution in [0.5, 0.6) is 17.2 Å². The second kappa shape index (κ2) is 8.56. The highest BCUT2D eigenvalue weighted by Crippen LogP contribution is 2.41. The lowest BCUT2D eigenvalue weighted by molar-refractivity contribution is -0.167. The summed E-state index contributed by atoms with van der Waals surface area (Å²) in [6, 6.07) is 11.5. The van der Waals surface area contributed by atoms with Gasteiger partial charge in [-0.3, -0.25) is 4.79 Å². The normalized spacial score (nSPS) is 23.3. The summed E-state index contributed by atoms with van der Waals surface area (Å²) in [6.07, 6.45) is 1.49. The Morgan fingerprint density at radius 3 is 2.43 bits per heavy atom. The Morgan fingerprint density at radius 1 is 1.07 bits per heavy atom. The van der Waals surface area contributed by atoms with Crippen molar-refractivity contribution in [3.8, 4) is 17.2 Å². The van der Waals surface area contributed by atoms with E-state index < -0.39 is 6.10 Å². The van der Waals surface area contributed by atoms with E-state index in [1.165, 1.54) is 0 Å². The smallest absolute Gasteiger partial charge is 0.266 e. The summed E-state index contributed by atoms with van der Waals surface area (Å²) in [5, 5.41) is 0. The van der Waals surface area contributed by atoms with Gasteiger partial charge in [-0.05, 0) is 61.6 Å². The van der Waals surface area contributed by atoms with Crippen molar-refractivity contribution in [1.82, 2.24) is 4.90 Å². The monoisotopic (exact) mass is 411 g/mol. The van der Waals surface area contributed by atoms with E-state index in [9.17, 15) is 4.79 Å². The first kappa shape index (κ1) is 20.5. The largest absolute Gasteiger partial charge is 0.497 e. The van der Waals surface area contributed by atoms with Gasteiger partial charge in [0, 0.05) is 19.2 Å². The first-order chi connectivity index (χ1) is 14.5.